The van der Waals surface area contributed by atoms with E-state index in [2.05, 4.69) is 0 Å². The standard InChI is InChI=1S/C13H18O2/c14-10-9-11-5-1-4-8-13(11)15-12-6-2-3-7-12/h1,4-5,8,12,14H,2-3,6-7,9-10H2. The minimum Gasteiger partial charge on any atom is -0.490 e. The first-order chi connectivity index (χ1) is 7.40. The maximum atomic E-state index is 8.95. The Bertz CT molecular complexity index is 303. The van der Waals surface area contributed by atoms with Gasteiger partial charge in [-0.1, -0.05) is 18.2 Å². The summed E-state index contributed by atoms with van der Waals surface area (Å²) >= 11 is 0. The predicted octanol–water partition coefficient (Wildman–Crippen LogP) is 2.54. The Kier molecular flexibility index (Phi) is 3.62. The van der Waals surface area contributed by atoms with Crippen molar-refractivity contribution < 1.29 is 9.84 Å². The number of benzene rings is 1. The summed E-state index contributed by atoms with van der Waals surface area (Å²) < 4.78 is 5.95. The molecule has 0 amide bonds. The maximum absolute atomic E-state index is 8.95. The van der Waals surface area contributed by atoms with Gasteiger partial charge in [0.15, 0.2) is 0 Å². The van der Waals surface area contributed by atoms with Crippen LogP contribution < -0.4 is 4.74 Å². The van der Waals surface area contributed by atoms with Crippen molar-refractivity contribution in [2.45, 2.75) is 38.2 Å². The van der Waals surface area contributed by atoms with Gasteiger partial charge in [0.25, 0.3) is 0 Å². The third-order valence-electron chi connectivity index (χ3n) is 2.95. The lowest BCUT2D eigenvalue weighted by Gasteiger charge is -2.15. The normalized spacial score (nSPS) is 16.9. The van der Waals surface area contributed by atoms with Gasteiger partial charge >= 0.3 is 0 Å². The monoisotopic (exact) mass is 206 g/mol. The number of para-hydroxylation sites is 1. The van der Waals surface area contributed by atoms with E-state index >= 15 is 0 Å². The van der Waals surface area contributed by atoms with Gasteiger partial charge in [-0.25, -0.2) is 0 Å². The van der Waals surface area contributed by atoms with Gasteiger partial charge in [-0.15, -0.1) is 0 Å². The highest BCUT2D eigenvalue weighted by atomic mass is 16.5. The van der Waals surface area contributed by atoms with E-state index in [0.717, 1.165) is 11.3 Å². The molecule has 0 atom stereocenters. The van der Waals surface area contributed by atoms with Gasteiger partial charge in [0.05, 0.1) is 6.10 Å². The van der Waals surface area contributed by atoms with Crippen LogP contribution in [-0.2, 0) is 6.42 Å². The first-order valence-corrected chi connectivity index (χ1v) is 5.75. The van der Waals surface area contributed by atoms with Crippen molar-refractivity contribution in [3.05, 3.63) is 29.8 Å². The van der Waals surface area contributed by atoms with Crippen molar-refractivity contribution in [3.8, 4) is 5.75 Å². The highest BCUT2D eigenvalue weighted by molar-refractivity contribution is 5.33. The van der Waals surface area contributed by atoms with Crippen molar-refractivity contribution in [2.24, 2.45) is 0 Å². The lowest BCUT2D eigenvalue weighted by atomic mass is 10.1. The molecule has 0 radical (unpaired) electrons. The molecule has 1 fully saturated rings. The zero-order valence-electron chi connectivity index (χ0n) is 8.98. The van der Waals surface area contributed by atoms with Gasteiger partial charge in [-0.3, -0.25) is 0 Å². The molecular weight excluding hydrogens is 188 g/mol. The minimum atomic E-state index is 0.186. The number of hydrogen-bond donors (Lipinski definition) is 1. The van der Waals surface area contributed by atoms with E-state index in [9.17, 15) is 0 Å². The average Bonchev–Trinajstić information content (AvgIpc) is 2.74. The molecule has 0 unspecified atom stereocenters. The third-order valence-corrected chi connectivity index (χ3v) is 2.95. The molecule has 2 nitrogen and oxygen atoms in total. The van der Waals surface area contributed by atoms with Gasteiger partial charge in [0.2, 0.25) is 0 Å². The molecule has 0 aliphatic heterocycles. The van der Waals surface area contributed by atoms with E-state index in [1.165, 1.54) is 25.7 Å². The fourth-order valence-corrected chi connectivity index (χ4v) is 2.13. The summed E-state index contributed by atoms with van der Waals surface area (Å²) in [5.74, 6) is 0.957. The number of hydrogen-bond acceptors (Lipinski definition) is 2. The smallest absolute Gasteiger partial charge is 0.122 e. The van der Waals surface area contributed by atoms with E-state index in [1.54, 1.807) is 0 Å². The molecule has 82 valence electrons. The van der Waals surface area contributed by atoms with E-state index in [0.29, 0.717) is 12.5 Å². The molecule has 2 rings (SSSR count). The van der Waals surface area contributed by atoms with Crippen molar-refractivity contribution in [1.82, 2.24) is 0 Å². The van der Waals surface area contributed by atoms with E-state index < -0.39 is 0 Å². The van der Waals surface area contributed by atoms with Crippen LogP contribution in [0.15, 0.2) is 24.3 Å². The zero-order valence-corrected chi connectivity index (χ0v) is 8.98. The molecule has 0 heterocycles. The van der Waals surface area contributed by atoms with E-state index in [1.807, 2.05) is 24.3 Å². The summed E-state index contributed by atoms with van der Waals surface area (Å²) in [7, 11) is 0. The van der Waals surface area contributed by atoms with Crippen LogP contribution in [0.3, 0.4) is 0 Å². The first kappa shape index (κ1) is 10.5. The van der Waals surface area contributed by atoms with Crippen LogP contribution in [0, 0.1) is 0 Å². The summed E-state index contributed by atoms with van der Waals surface area (Å²) in [5, 5.41) is 8.95. The molecule has 1 aliphatic carbocycles. The summed E-state index contributed by atoms with van der Waals surface area (Å²) in [6.07, 6.45) is 5.99. The van der Waals surface area contributed by atoms with Crippen molar-refractivity contribution in [3.63, 3.8) is 0 Å². The third kappa shape index (κ3) is 2.72. The Morgan fingerprint density at radius 3 is 2.67 bits per heavy atom. The Hall–Kier alpha value is -1.02. The SMILES string of the molecule is OCCc1ccccc1OC1CCCC1. The maximum Gasteiger partial charge on any atom is 0.122 e. The average molecular weight is 206 g/mol. The molecule has 15 heavy (non-hydrogen) atoms. The molecule has 0 aromatic heterocycles. The van der Waals surface area contributed by atoms with Crippen LogP contribution in [0.4, 0.5) is 0 Å². The number of rotatable bonds is 4. The number of aliphatic hydroxyl groups is 1. The fourth-order valence-electron chi connectivity index (χ4n) is 2.13. The van der Waals surface area contributed by atoms with E-state index in [-0.39, 0.29) is 6.61 Å². The van der Waals surface area contributed by atoms with Crippen molar-refractivity contribution >= 4 is 0 Å². The van der Waals surface area contributed by atoms with Gasteiger partial charge in [-0.05, 0) is 43.7 Å². The Morgan fingerprint density at radius 2 is 1.93 bits per heavy atom. The fraction of sp³-hybridized carbons (Fsp3) is 0.538. The van der Waals surface area contributed by atoms with Crippen LogP contribution in [-0.4, -0.2) is 17.8 Å². The zero-order chi connectivity index (χ0) is 10.5. The van der Waals surface area contributed by atoms with Crippen LogP contribution in [0.25, 0.3) is 0 Å². The Labute approximate surface area is 90.9 Å². The molecular formula is C13H18O2. The molecule has 2 heteroatoms. The Morgan fingerprint density at radius 1 is 1.20 bits per heavy atom. The largest absolute Gasteiger partial charge is 0.490 e. The highest BCUT2D eigenvalue weighted by Gasteiger charge is 2.17. The number of aliphatic hydroxyl groups excluding tert-OH is 1. The second-order valence-corrected chi connectivity index (χ2v) is 4.11. The van der Waals surface area contributed by atoms with Gasteiger partial charge in [-0.2, -0.15) is 0 Å². The van der Waals surface area contributed by atoms with Crippen LogP contribution in [0.5, 0.6) is 5.75 Å². The molecule has 0 bridgehead atoms. The summed E-state index contributed by atoms with van der Waals surface area (Å²) in [5.41, 5.74) is 1.12. The molecule has 1 aromatic carbocycles. The topological polar surface area (TPSA) is 29.5 Å². The quantitative estimate of drug-likeness (QED) is 0.820. The second-order valence-electron chi connectivity index (χ2n) is 4.11. The minimum absolute atomic E-state index is 0.186. The molecule has 1 N–H and O–H groups in total. The molecule has 1 saturated carbocycles. The number of ether oxygens (including phenoxy) is 1. The predicted molar refractivity (Wildman–Crippen MR) is 60.1 cm³/mol. The van der Waals surface area contributed by atoms with Crippen LogP contribution in [0.1, 0.15) is 31.2 Å². The first-order valence-electron chi connectivity index (χ1n) is 5.75. The van der Waals surface area contributed by atoms with Gasteiger partial charge in [0.1, 0.15) is 5.75 Å². The highest BCUT2D eigenvalue weighted by Crippen LogP contribution is 2.26. The van der Waals surface area contributed by atoms with Gasteiger partial charge < -0.3 is 9.84 Å². The summed E-state index contributed by atoms with van der Waals surface area (Å²) in [4.78, 5) is 0. The van der Waals surface area contributed by atoms with Crippen molar-refractivity contribution in [1.29, 1.82) is 0 Å². The molecule has 0 saturated heterocycles. The summed E-state index contributed by atoms with van der Waals surface area (Å²) in [6.45, 7) is 0.186. The van der Waals surface area contributed by atoms with Crippen molar-refractivity contribution in [2.75, 3.05) is 6.61 Å². The Balaban J connectivity index is 2.05. The molecule has 1 aliphatic rings. The van der Waals surface area contributed by atoms with Gasteiger partial charge in [0, 0.05) is 6.61 Å². The van der Waals surface area contributed by atoms with Crippen LogP contribution in [0.2, 0.25) is 0 Å². The van der Waals surface area contributed by atoms with Crippen LogP contribution >= 0.6 is 0 Å². The molecule has 0 spiro atoms. The lowest BCUT2D eigenvalue weighted by Crippen LogP contribution is -2.12. The lowest BCUT2D eigenvalue weighted by molar-refractivity contribution is 0.206. The second kappa shape index (κ2) is 5.17. The van der Waals surface area contributed by atoms with E-state index in [4.69, 9.17) is 9.84 Å². The molecule has 1 aromatic rings. The summed E-state index contributed by atoms with van der Waals surface area (Å²) in [6, 6.07) is 8.02.